The van der Waals surface area contributed by atoms with Crippen molar-refractivity contribution in [2.24, 2.45) is 0 Å². The van der Waals surface area contributed by atoms with Gasteiger partial charge in [-0.25, -0.2) is 0 Å². The Morgan fingerprint density at radius 3 is 2.50 bits per heavy atom. The van der Waals surface area contributed by atoms with Crippen LogP contribution in [0.15, 0.2) is 18.2 Å². The van der Waals surface area contributed by atoms with Crippen LogP contribution in [0.5, 0.6) is 0 Å². The molecule has 1 unspecified atom stereocenters. The SMILES string of the molecule is O=C(O)CCCNC(=O)C1CCCN1C(=O)c1cc(Cl)cc(Cl)c1. The molecule has 2 N–H and O–H groups in total. The summed E-state index contributed by atoms with van der Waals surface area (Å²) < 4.78 is 0. The van der Waals surface area contributed by atoms with Crippen LogP contribution < -0.4 is 5.32 Å². The molecule has 2 rings (SSSR count). The molecule has 1 aromatic rings. The molecule has 0 bridgehead atoms. The van der Waals surface area contributed by atoms with Crippen LogP contribution >= 0.6 is 23.2 Å². The van der Waals surface area contributed by atoms with E-state index in [1.165, 1.54) is 23.1 Å². The lowest BCUT2D eigenvalue weighted by atomic mass is 10.1. The fourth-order valence-corrected chi connectivity index (χ4v) is 3.22. The molecule has 1 atom stereocenters. The van der Waals surface area contributed by atoms with Crippen LogP contribution in [0.1, 0.15) is 36.0 Å². The van der Waals surface area contributed by atoms with Gasteiger partial charge < -0.3 is 15.3 Å². The van der Waals surface area contributed by atoms with E-state index >= 15 is 0 Å². The minimum Gasteiger partial charge on any atom is -0.481 e. The minimum atomic E-state index is -0.903. The van der Waals surface area contributed by atoms with E-state index in [1.54, 1.807) is 0 Å². The van der Waals surface area contributed by atoms with E-state index < -0.39 is 12.0 Å². The second kappa shape index (κ2) is 8.35. The number of hydrogen-bond acceptors (Lipinski definition) is 3. The molecule has 6 nitrogen and oxygen atoms in total. The number of carboxylic acids is 1. The molecule has 1 saturated heterocycles. The van der Waals surface area contributed by atoms with Crippen molar-refractivity contribution in [1.82, 2.24) is 10.2 Å². The third-order valence-corrected chi connectivity index (χ3v) is 4.23. The molecule has 1 aliphatic heterocycles. The quantitative estimate of drug-likeness (QED) is 0.751. The van der Waals surface area contributed by atoms with Crippen molar-refractivity contribution in [2.45, 2.75) is 31.7 Å². The van der Waals surface area contributed by atoms with Gasteiger partial charge in [0.1, 0.15) is 6.04 Å². The number of carboxylic acid groups (broad SMARTS) is 1. The summed E-state index contributed by atoms with van der Waals surface area (Å²) in [5.41, 5.74) is 0.345. The monoisotopic (exact) mass is 372 g/mol. The van der Waals surface area contributed by atoms with E-state index in [9.17, 15) is 14.4 Å². The Hall–Kier alpha value is -1.79. The topological polar surface area (TPSA) is 86.7 Å². The van der Waals surface area contributed by atoms with Gasteiger partial charge in [-0.2, -0.15) is 0 Å². The zero-order valence-electron chi connectivity index (χ0n) is 12.9. The number of nitrogens with zero attached hydrogens (tertiary/aromatic N) is 1. The zero-order chi connectivity index (χ0) is 17.7. The number of rotatable bonds is 6. The third-order valence-electron chi connectivity index (χ3n) is 3.79. The van der Waals surface area contributed by atoms with E-state index in [0.717, 1.165) is 6.42 Å². The van der Waals surface area contributed by atoms with Crippen molar-refractivity contribution in [2.75, 3.05) is 13.1 Å². The molecule has 0 radical (unpaired) electrons. The van der Waals surface area contributed by atoms with Gasteiger partial charge in [0.05, 0.1) is 0 Å². The Balaban J connectivity index is 2.00. The second-order valence-electron chi connectivity index (χ2n) is 5.60. The molecular weight excluding hydrogens is 355 g/mol. The number of hydrogen-bond donors (Lipinski definition) is 2. The largest absolute Gasteiger partial charge is 0.481 e. The maximum Gasteiger partial charge on any atom is 0.303 e. The number of halogens is 2. The van der Waals surface area contributed by atoms with Crippen molar-refractivity contribution >= 4 is 41.0 Å². The Bertz CT molecular complexity index is 631. The van der Waals surface area contributed by atoms with E-state index in [1.807, 2.05) is 0 Å². The van der Waals surface area contributed by atoms with Crippen molar-refractivity contribution in [1.29, 1.82) is 0 Å². The van der Waals surface area contributed by atoms with Gasteiger partial charge in [-0.05, 0) is 37.5 Å². The highest BCUT2D eigenvalue weighted by molar-refractivity contribution is 6.35. The molecular formula is C16H18Cl2N2O4. The maximum atomic E-state index is 12.6. The summed E-state index contributed by atoms with van der Waals surface area (Å²) in [6.07, 6.45) is 1.65. The van der Waals surface area contributed by atoms with Crippen LogP contribution in [0.25, 0.3) is 0 Å². The highest BCUT2D eigenvalue weighted by Crippen LogP contribution is 2.24. The van der Waals surface area contributed by atoms with Gasteiger partial charge in [-0.3, -0.25) is 14.4 Å². The maximum absolute atomic E-state index is 12.6. The molecule has 2 amide bonds. The Morgan fingerprint density at radius 2 is 1.88 bits per heavy atom. The van der Waals surface area contributed by atoms with Crippen LogP contribution in [-0.2, 0) is 9.59 Å². The molecule has 130 valence electrons. The first kappa shape index (κ1) is 18.5. The number of aliphatic carboxylic acids is 1. The molecule has 0 spiro atoms. The molecule has 8 heteroatoms. The Morgan fingerprint density at radius 1 is 1.21 bits per heavy atom. The summed E-state index contributed by atoms with van der Waals surface area (Å²) in [5.74, 6) is -1.46. The van der Waals surface area contributed by atoms with Crippen LogP contribution in [0.3, 0.4) is 0 Å². The van der Waals surface area contributed by atoms with E-state index in [0.29, 0.717) is 35.0 Å². The summed E-state index contributed by atoms with van der Waals surface area (Å²) in [7, 11) is 0. The van der Waals surface area contributed by atoms with Gasteiger partial charge in [0.15, 0.2) is 0 Å². The third kappa shape index (κ3) is 4.85. The molecule has 24 heavy (non-hydrogen) atoms. The van der Waals surface area contributed by atoms with Gasteiger partial charge in [0.2, 0.25) is 5.91 Å². The highest BCUT2D eigenvalue weighted by Gasteiger charge is 2.34. The van der Waals surface area contributed by atoms with Crippen molar-refractivity contribution in [3.8, 4) is 0 Å². The molecule has 1 heterocycles. The molecule has 1 fully saturated rings. The highest BCUT2D eigenvalue weighted by atomic mass is 35.5. The smallest absolute Gasteiger partial charge is 0.303 e. The summed E-state index contributed by atoms with van der Waals surface area (Å²) in [6.45, 7) is 0.753. The number of nitrogens with one attached hydrogen (secondary N) is 1. The van der Waals surface area contributed by atoms with E-state index in [-0.39, 0.29) is 24.8 Å². The lowest BCUT2D eigenvalue weighted by molar-refractivity contribution is -0.137. The Labute approximate surface area is 149 Å². The van der Waals surface area contributed by atoms with E-state index in [4.69, 9.17) is 28.3 Å². The zero-order valence-corrected chi connectivity index (χ0v) is 14.4. The Kier molecular flexibility index (Phi) is 6.45. The van der Waals surface area contributed by atoms with E-state index in [2.05, 4.69) is 5.32 Å². The standard InChI is InChI=1S/C16H18Cl2N2O4/c17-11-7-10(8-12(18)9-11)16(24)20-6-2-3-13(20)15(23)19-5-1-4-14(21)22/h7-9,13H,1-6H2,(H,19,23)(H,21,22). The first-order valence-corrected chi connectivity index (χ1v) is 8.40. The number of carbonyl (C=O) groups is 3. The number of likely N-dealkylation sites (tertiary alicyclic amines) is 1. The number of benzene rings is 1. The average Bonchev–Trinajstić information content (AvgIpc) is 2.99. The fraction of sp³-hybridized carbons (Fsp3) is 0.438. The van der Waals surface area contributed by atoms with Crippen LogP contribution in [0.2, 0.25) is 10.0 Å². The normalized spacial score (nSPS) is 16.9. The predicted octanol–water partition coefficient (Wildman–Crippen LogP) is 2.58. The number of amides is 2. The van der Waals surface area contributed by atoms with Gasteiger partial charge in [-0.1, -0.05) is 23.2 Å². The number of carbonyl (C=O) groups excluding carboxylic acids is 2. The first-order valence-electron chi connectivity index (χ1n) is 7.65. The summed E-state index contributed by atoms with van der Waals surface area (Å²) in [4.78, 5) is 36.9. The molecule has 0 saturated carbocycles. The van der Waals surface area contributed by atoms with Crippen LogP contribution in [0.4, 0.5) is 0 Å². The molecule has 1 aliphatic rings. The summed E-state index contributed by atoms with van der Waals surface area (Å²) >= 11 is 11.9. The summed E-state index contributed by atoms with van der Waals surface area (Å²) in [5, 5.41) is 12.0. The van der Waals surface area contributed by atoms with Crippen LogP contribution in [0, 0.1) is 0 Å². The fourth-order valence-electron chi connectivity index (χ4n) is 2.69. The first-order chi connectivity index (χ1) is 11.4. The van der Waals surface area contributed by atoms with Gasteiger partial charge in [0.25, 0.3) is 5.91 Å². The lowest BCUT2D eigenvalue weighted by Crippen LogP contribution is -2.46. The van der Waals surface area contributed by atoms with Gasteiger partial charge in [-0.15, -0.1) is 0 Å². The average molecular weight is 373 g/mol. The second-order valence-corrected chi connectivity index (χ2v) is 6.48. The van der Waals surface area contributed by atoms with Gasteiger partial charge in [0, 0.05) is 35.1 Å². The predicted molar refractivity (Wildman–Crippen MR) is 90.4 cm³/mol. The van der Waals surface area contributed by atoms with Crippen molar-refractivity contribution in [3.05, 3.63) is 33.8 Å². The van der Waals surface area contributed by atoms with Crippen LogP contribution in [-0.4, -0.2) is 46.9 Å². The molecule has 0 aromatic heterocycles. The minimum absolute atomic E-state index is 0.00535. The lowest BCUT2D eigenvalue weighted by Gasteiger charge is -2.24. The van der Waals surface area contributed by atoms with Crippen molar-refractivity contribution < 1.29 is 19.5 Å². The van der Waals surface area contributed by atoms with Crippen molar-refractivity contribution in [3.63, 3.8) is 0 Å². The summed E-state index contributed by atoms with van der Waals surface area (Å²) in [6, 6.07) is 4.03. The molecule has 1 aromatic carbocycles. The van der Waals surface area contributed by atoms with Gasteiger partial charge >= 0.3 is 5.97 Å². The molecule has 0 aliphatic carbocycles.